The van der Waals surface area contributed by atoms with Crippen LogP contribution in [0.2, 0.25) is 0 Å². The number of aryl methyl sites for hydroxylation is 1. The highest BCUT2D eigenvalue weighted by Crippen LogP contribution is 2.30. The van der Waals surface area contributed by atoms with E-state index >= 15 is 0 Å². The predicted molar refractivity (Wildman–Crippen MR) is 54.9 cm³/mol. The number of aromatic nitrogens is 3. The summed E-state index contributed by atoms with van der Waals surface area (Å²) in [5.41, 5.74) is 5.96. The number of nitrogens with zero attached hydrogens (tertiary/aromatic N) is 3. The smallest absolute Gasteiger partial charge is 0.135 e. The zero-order chi connectivity index (χ0) is 10.1. The zero-order valence-electron chi connectivity index (χ0n) is 8.90. The van der Waals surface area contributed by atoms with E-state index in [1.54, 1.807) is 0 Å². The highest BCUT2D eigenvalue weighted by Gasteiger charge is 2.24. The fourth-order valence-corrected chi connectivity index (χ4v) is 2.24. The Morgan fingerprint density at radius 1 is 1.36 bits per heavy atom. The highest BCUT2D eigenvalue weighted by atomic mass is 15.3. The Labute approximate surface area is 84.5 Å². The van der Waals surface area contributed by atoms with Gasteiger partial charge in [0.2, 0.25) is 0 Å². The van der Waals surface area contributed by atoms with E-state index in [2.05, 4.69) is 14.8 Å². The lowest BCUT2D eigenvalue weighted by Gasteiger charge is -2.25. The first kappa shape index (κ1) is 9.65. The lowest BCUT2D eigenvalue weighted by atomic mass is 9.85. The molecular formula is C10H18N4. The van der Waals surface area contributed by atoms with E-state index in [0.29, 0.717) is 12.0 Å². The number of hydrogen-bond donors (Lipinski definition) is 1. The minimum Gasteiger partial charge on any atom is -0.328 e. The van der Waals surface area contributed by atoms with E-state index in [0.717, 1.165) is 24.5 Å². The van der Waals surface area contributed by atoms with Gasteiger partial charge in [-0.2, -0.15) is 0 Å². The molecule has 0 aromatic carbocycles. The van der Waals surface area contributed by atoms with Crippen LogP contribution >= 0.6 is 0 Å². The first-order valence-electron chi connectivity index (χ1n) is 5.30. The van der Waals surface area contributed by atoms with Gasteiger partial charge in [-0.25, -0.2) is 0 Å². The molecule has 1 saturated carbocycles. The van der Waals surface area contributed by atoms with Gasteiger partial charge in [-0.05, 0) is 26.2 Å². The van der Waals surface area contributed by atoms with Crippen LogP contribution in [0.3, 0.4) is 0 Å². The van der Waals surface area contributed by atoms with Gasteiger partial charge in [0.15, 0.2) is 0 Å². The third-order valence-electron chi connectivity index (χ3n) is 3.21. The standard InChI is InChI=1S/C10H18N4/c1-7-12-13-10(14(7)2)8-4-3-5-9(11)6-8/h8-9H,3-6,11H2,1-2H3/t8-,9+/m0/s1. The molecule has 0 saturated heterocycles. The van der Waals surface area contributed by atoms with Crippen molar-refractivity contribution in [1.29, 1.82) is 0 Å². The van der Waals surface area contributed by atoms with Crippen LogP contribution in [-0.4, -0.2) is 20.8 Å². The van der Waals surface area contributed by atoms with Crippen molar-refractivity contribution in [3.05, 3.63) is 11.6 Å². The van der Waals surface area contributed by atoms with Crippen molar-refractivity contribution >= 4 is 0 Å². The van der Waals surface area contributed by atoms with Crippen molar-refractivity contribution < 1.29 is 0 Å². The Balaban J connectivity index is 2.18. The molecule has 0 spiro atoms. The van der Waals surface area contributed by atoms with Gasteiger partial charge in [-0.3, -0.25) is 0 Å². The van der Waals surface area contributed by atoms with Crippen molar-refractivity contribution in [3.8, 4) is 0 Å². The molecule has 1 aromatic heterocycles. The fourth-order valence-electron chi connectivity index (χ4n) is 2.24. The molecule has 1 aliphatic rings. The van der Waals surface area contributed by atoms with E-state index in [4.69, 9.17) is 5.73 Å². The third kappa shape index (κ3) is 1.66. The maximum atomic E-state index is 5.96. The van der Waals surface area contributed by atoms with E-state index in [-0.39, 0.29) is 0 Å². The average Bonchev–Trinajstić information content (AvgIpc) is 2.48. The van der Waals surface area contributed by atoms with Crippen molar-refractivity contribution in [3.63, 3.8) is 0 Å². The van der Waals surface area contributed by atoms with Gasteiger partial charge in [0.1, 0.15) is 11.6 Å². The summed E-state index contributed by atoms with van der Waals surface area (Å²) in [7, 11) is 2.03. The van der Waals surface area contributed by atoms with Crippen LogP contribution in [0, 0.1) is 6.92 Å². The summed E-state index contributed by atoms with van der Waals surface area (Å²) >= 11 is 0. The highest BCUT2D eigenvalue weighted by molar-refractivity contribution is 5.02. The maximum absolute atomic E-state index is 5.96. The van der Waals surface area contributed by atoms with E-state index in [9.17, 15) is 0 Å². The SMILES string of the molecule is Cc1nnc([C@H]2CCC[C@@H](N)C2)n1C. The van der Waals surface area contributed by atoms with Crippen LogP contribution in [0.25, 0.3) is 0 Å². The molecule has 0 radical (unpaired) electrons. The van der Waals surface area contributed by atoms with Crippen molar-refractivity contribution in [2.24, 2.45) is 12.8 Å². The van der Waals surface area contributed by atoms with Crippen LogP contribution in [-0.2, 0) is 7.05 Å². The lowest BCUT2D eigenvalue weighted by Crippen LogP contribution is -2.28. The van der Waals surface area contributed by atoms with Gasteiger partial charge in [0, 0.05) is 19.0 Å². The summed E-state index contributed by atoms with van der Waals surface area (Å²) in [6, 6.07) is 0.353. The molecule has 78 valence electrons. The number of nitrogens with two attached hydrogens (primary N) is 1. The van der Waals surface area contributed by atoms with Crippen LogP contribution in [0.4, 0.5) is 0 Å². The minimum absolute atomic E-state index is 0.353. The first-order valence-corrected chi connectivity index (χ1v) is 5.30. The summed E-state index contributed by atoms with van der Waals surface area (Å²) in [5, 5.41) is 8.32. The molecule has 1 heterocycles. The molecule has 2 atom stereocenters. The Hall–Kier alpha value is -0.900. The summed E-state index contributed by atoms with van der Waals surface area (Å²) in [5.74, 6) is 2.61. The predicted octanol–water partition coefficient (Wildman–Crippen LogP) is 1.11. The Morgan fingerprint density at radius 2 is 2.14 bits per heavy atom. The zero-order valence-corrected chi connectivity index (χ0v) is 8.90. The second-order valence-corrected chi connectivity index (χ2v) is 4.29. The van der Waals surface area contributed by atoms with Crippen molar-refractivity contribution in [2.45, 2.75) is 44.6 Å². The Kier molecular flexibility index (Phi) is 2.54. The van der Waals surface area contributed by atoms with Gasteiger partial charge in [0.25, 0.3) is 0 Å². The molecule has 0 aliphatic heterocycles. The summed E-state index contributed by atoms with van der Waals surface area (Å²) < 4.78 is 2.09. The molecule has 4 heteroatoms. The molecule has 1 aliphatic carbocycles. The van der Waals surface area contributed by atoms with E-state index in [1.807, 2.05) is 14.0 Å². The quantitative estimate of drug-likeness (QED) is 0.728. The topological polar surface area (TPSA) is 56.7 Å². The Bertz CT molecular complexity index is 318. The molecule has 0 amide bonds. The second-order valence-electron chi connectivity index (χ2n) is 4.29. The molecule has 1 aromatic rings. The van der Waals surface area contributed by atoms with Crippen LogP contribution in [0.15, 0.2) is 0 Å². The van der Waals surface area contributed by atoms with Gasteiger partial charge >= 0.3 is 0 Å². The lowest BCUT2D eigenvalue weighted by molar-refractivity contribution is 0.376. The monoisotopic (exact) mass is 194 g/mol. The first-order chi connectivity index (χ1) is 6.68. The van der Waals surface area contributed by atoms with Crippen molar-refractivity contribution in [2.75, 3.05) is 0 Å². The summed E-state index contributed by atoms with van der Waals surface area (Å²) in [6.45, 7) is 1.99. The summed E-state index contributed by atoms with van der Waals surface area (Å²) in [6.07, 6.45) is 4.65. The molecule has 1 fully saturated rings. The minimum atomic E-state index is 0.353. The summed E-state index contributed by atoms with van der Waals surface area (Å²) in [4.78, 5) is 0. The largest absolute Gasteiger partial charge is 0.328 e. The van der Waals surface area contributed by atoms with Crippen LogP contribution in [0.5, 0.6) is 0 Å². The maximum Gasteiger partial charge on any atom is 0.135 e. The normalized spacial score (nSPS) is 27.9. The Morgan fingerprint density at radius 3 is 2.71 bits per heavy atom. The van der Waals surface area contributed by atoms with Gasteiger partial charge < -0.3 is 10.3 Å². The second kappa shape index (κ2) is 3.69. The molecule has 4 nitrogen and oxygen atoms in total. The number of rotatable bonds is 1. The molecule has 2 rings (SSSR count). The molecule has 2 N–H and O–H groups in total. The van der Waals surface area contributed by atoms with Crippen molar-refractivity contribution in [1.82, 2.24) is 14.8 Å². The average molecular weight is 194 g/mol. The fraction of sp³-hybridized carbons (Fsp3) is 0.800. The van der Waals surface area contributed by atoms with Gasteiger partial charge in [-0.15, -0.1) is 10.2 Å². The molecular weight excluding hydrogens is 176 g/mol. The van der Waals surface area contributed by atoms with E-state index in [1.165, 1.54) is 12.8 Å². The molecule has 0 bridgehead atoms. The van der Waals surface area contributed by atoms with Crippen LogP contribution < -0.4 is 5.73 Å². The molecule has 0 unspecified atom stereocenters. The van der Waals surface area contributed by atoms with Gasteiger partial charge in [0.05, 0.1) is 0 Å². The van der Waals surface area contributed by atoms with Gasteiger partial charge in [-0.1, -0.05) is 6.42 Å². The molecule has 14 heavy (non-hydrogen) atoms. The van der Waals surface area contributed by atoms with E-state index < -0.39 is 0 Å². The number of hydrogen-bond acceptors (Lipinski definition) is 3. The van der Waals surface area contributed by atoms with Crippen LogP contribution in [0.1, 0.15) is 43.3 Å². The third-order valence-corrected chi connectivity index (χ3v) is 3.21.